The molecule has 0 saturated heterocycles. The third kappa shape index (κ3) is 2.79. The van der Waals surface area contributed by atoms with Crippen molar-refractivity contribution in [1.29, 1.82) is 0 Å². The van der Waals surface area contributed by atoms with Gasteiger partial charge in [-0.3, -0.25) is 4.68 Å². The van der Waals surface area contributed by atoms with Gasteiger partial charge in [0, 0.05) is 18.8 Å². The topological polar surface area (TPSA) is 82.5 Å². The Morgan fingerprint density at radius 2 is 2.14 bits per heavy atom. The third-order valence-corrected chi connectivity index (χ3v) is 4.97. The van der Waals surface area contributed by atoms with Gasteiger partial charge in [0.15, 0.2) is 11.5 Å². The SMILES string of the molecule is CCn1cc(S(=O)(=O)NC(C)c2ccc3c(c2)OCO3)cn1. The second-order valence-corrected chi connectivity index (χ2v) is 6.70. The van der Waals surface area contributed by atoms with Crippen molar-refractivity contribution in [2.24, 2.45) is 0 Å². The minimum atomic E-state index is -3.62. The van der Waals surface area contributed by atoms with Crippen molar-refractivity contribution in [3.05, 3.63) is 36.2 Å². The molecule has 118 valence electrons. The van der Waals surface area contributed by atoms with Gasteiger partial charge in [-0.15, -0.1) is 0 Å². The quantitative estimate of drug-likeness (QED) is 0.905. The van der Waals surface area contributed by atoms with Gasteiger partial charge in [0.25, 0.3) is 0 Å². The Balaban J connectivity index is 1.79. The Bertz CT molecular complexity index is 785. The van der Waals surface area contributed by atoms with Crippen molar-refractivity contribution in [1.82, 2.24) is 14.5 Å². The van der Waals surface area contributed by atoms with E-state index in [9.17, 15) is 8.42 Å². The van der Waals surface area contributed by atoms with Crippen LogP contribution in [0, 0.1) is 0 Å². The van der Waals surface area contributed by atoms with Gasteiger partial charge in [-0.05, 0) is 31.5 Å². The number of fused-ring (bicyclic) bond motifs is 1. The number of rotatable bonds is 5. The highest BCUT2D eigenvalue weighted by atomic mass is 32.2. The van der Waals surface area contributed by atoms with Gasteiger partial charge in [0.1, 0.15) is 4.90 Å². The molecule has 0 aliphatic carbocycles. The van der Waals surface area contributed by atoms with Crippen LogP contribution in [0.4, 0.5) is 0 Å². The lowest BCUT2D eigenvalue weighted by atomic mass is 10.1. The molecule has 1 aromatic carbocycles. The van der Waals surface area contributed by atoms with E-state index in [1.165, 1.54) is 12.4 Å². The molecular formula is C14H17N3O4S. The Morgan fingerprint density at radius 3 is 2.86 bits per heavy atom. The summed E-state index contributed by atoms with van der Waals surface area (Å²) in [6.45, 7) is 4.48. The first-order chi connectivity index (χ1) is 10.5. The molecule has 8 heteroatoms. The molecule has 1 N–H and O–H groups in total. The number of aryl methyl sites for hydroxylation is 1. The number of ether oxygens (including phenoxy) is 2. The predicted molar refractivity (Wildman–Crippen MR) is 79.2 cm³/mol. The second-order valence-electron chi connectivity index (χ2n) is 4.99. The van der Waals surface area contributed by atoms with E-state index in [2.05, 4.69) is 9.82 Å². The first-order valence-electron chi connectivity index (χ1n) is 6.94. The number of sulfonamides is 1. The normalized spacial score (nSPS) is 15.0. The lowest BCUT2D eigenvalue weighted by molar-refractivity contribution is 0.174. The zero-order valence-corrected chi connectivity index (χ0v) is 13.1. The van der Waals surface area contributed by atoms with E-state index in [0.29, 0.717) is 18.0 Å². The number of benzene rings is 1. The number of hydrogen-bond donors (Lipinski definition) is 1. The summed E-state index contributed by atoms with van der Waals surface area (Å²) in [6, 6.07) is 4.98. The molecule has 0 radical (unpaired) electrons. The molecule has 2 aromatic rings. The van der Waals surface area contributed by atoms with Gasteiger partial charge < -0.3 is 9.47 Å². The maximum Gasteiger partial charge on any atom is 0.244 e. The largest absolute Gasteiger partial charge is 0.454 e. The van der Waals surface area contributed by atoms with Crippen molar-refractivity contribution >= 4 is 10.0 Å². The van der Waals surface area contributed by atoms with Crippen LogP contribution in [-0.2, 0) is 16.6 Å². The molecule has 0 amide bonds. The summed E-state index contributed by atoms with van der Waals surface area (Å²) in [5.74, 6) is 1.30. The van der Waals surface area contributed by atoms with Gasteiger partial charge in [-0.2, -0.15) is 5.10 Å². The van der Waals surface area contributed by atoms with Crippen LogP contribution in [0.15, 0.2) is 35.5 Å². The van der Waals surface area contributed by atoms with Crippen LogP contribution >= 0.6 is 0 Å². The fourth-order valence-corrected chi connectivity index (χ4v) is 3.39. The van der Waals surface area contributed by atoms with Crippen molar-refractivity contribution < 1.29 is 17.9 Å². The summed E-state index contributed by atoms with van der Waals surface area (Å²) in [5.41, 5.74) is 0.802. The molecule has 0 saturated carbocycles. The van der Waals surface area contributed by atoms with Gasteiger partial charge >= 0.3 is 0 Å². The first-order valence-corrected chi connectivity index (χ1v) is 8.42. The molecule has 2 heterocycles. The Labute approximate surface area is 128 Å². The lowest BCUT2D eigenvalue weighted by Crippen LogP contribution is -2.26. The van der Waals surface area contributed by atoms with Crippen LogP contribution in [0.3, 0.4) is 0 Å². The molecule has 0 spiro atoms. The van der Waals surface area contributed by atoms with Crippen LogP contribution in [0.25, 0.3) is 0 Å². The second kappa shape index (κ2) is 5.62. The first kappa shape index (κ1) is 14.9. The molecule has 7 nitrogen and oxygen atoms in total. The molecule has 22 heavy (non-hydrogen) atoms. The summed E-state index contributed by atoms with van der Waals surface area (Å²) in [7, 11) is -3.62. The van der Waals surface area contributed by atoms with Crippen LogP contribution in [0.2, 0.25) is 0 Å². The molecule has 0 fully saturated rings. The molecule has 1 aliphatic heterocycles. The maximum absolute atomic E-state index is 12.4. The van der Waals surface area contributed by atoms with E-state index in [4.69, 9.17) is 9.47 Å². The molecule has 1 aromatic heterocycles. The highest BCUT2D eigenvalue weighted by molar-refractivity contribution is 7.89. The molecule has 1 aliphatic rings. The summed E-state index contributed by atoms with van der Waals surface area (Å²) >= 11 is 0. The van der Waals surface area contributed by atoms with E-state index in [1.807, 2.05) is 13.0 Å². The summed E-state index contributed by atoms with van der Waals surface area (Å²) in [6.07, 6.45) is 2.85. The van der Waals surface area contributed by atoms with Crippen LogP contribution in [0.1, 0.15) is 25.5 Å². The van der Waals surface area contributed by atoms with Crippen LogP contribution < -0.4 is 14.2 Å². The Morgan fingerprint density at radius 1 is 1.36 bits per heavy atom. The fraction of sp³-hybridized carbons (Fsp3) is 0.357. The van der Waals surface area contributed by atoms with Crippen molar-refractivity contribution in [2.75, 3.05) is 6.79 Å². The monoisotopic (exact) mass is 323 g/mol. The van der Waals surface area contributed by atoms with Crippen LogP contribution in [-0.4, -0.2) is 25.0 Å². The molecule has 1 atom stereocenters. The van der Waals surface area contributed by atoms with Crippen LogP contribution in [0.5, 0.6) is 11.5 Å². The van der Waals surface area contributed by atoms with E-state index >= 15 is 0 Å². The number of nitrogens with zero attached hydrogens (tertiary/aromatic N) is 2. The van der Waals surface area contributed by atoms with Crippen molar-refractivity contribution in [2.45, 2.75) is 31.3 Å². The Hall–Kier alpha value is -2.06. The van der Waals surface area contributed by atoms with E-state index in [1.54, 1.807) is 23.7 Å². The minimum absolute atomic E-state index is 0.155. The highest BCUT2D eigenvalue weighted by Gasteiger charge is 2.22. The standard InChI is InChI=1S/C14H17N3O4S/c1-3-17-8-12(7-15-17)22(18,19)16-10(2)11-4-5-13-14(6-11)21-9-20-13/h4-8,10,16H,3,9H2,1-2H3. The van der Waals surface area contributed by atoms with Gasteiger partial charge in [0.2, 0.25) is 16.8 Å². The Kier molecular flexibility index (Phi) is 3.79. The van der Waals surface area contributed by atoms with Gasteiger partial charge in [0.05, 0.1) is 6.20 Å². The number of aromatic nitrogens is 2. The molecule has 0 bridgehead atoms. The van der Waals surface area contributed by atoms with Crippen molar-refractivity contribution in [3.8, 4) is 11.5 Å². The average Bonchev–Trinajstić information content (AvgIpc) is 3.15. The maximum atomic E-state index is 12.4. The number of nitrogens with one attached hydrogen (secondary N) is 1. The van der Waals surface area contributed by atoms with E-state index in [-0.39, 0.29) is 11.7 Å². The summed E-state index contributed by atoms with van der Waals surface area (Å²) in [5, 5.41) is 3.99. The molecule has 3 rings (SSSR count). The third-order valence-electron chi connectivity index (χ3n) is 3.47. The molecule has 1 unspecified atom stereocenters. The average molecular weight is 323 g/mol. The van der Waals surface area contributed by atoms with E-state index < -0.39 is 16.1 Å². The van der Waals surface area contributed by atoms with Crippen molar-refractivity contribution in [3.63, 3.8) is 0 Å². The summed E-state index contributed by atoms with van der Waals surface area (Å²) < 4.78 is 39.5. The molecular weight excluding hydrogens is 306 g/mol. The predicted octanol–water partition coefficient (Wildman–Crippen LogP) is 1.67. The van der Waals surface area contributed by atoms with Gasteiger partial charge in [-0.1, -0.05) is 6.07 Å². The highest BCUT2D eigenvalue weighted by Crippen LogP contribution is 2.34. The van der Waals surface area contributed by atoms with Gasteiger partial charge in [-0.25, -0.2) is 13.1 Å². The van der Waals surface area contributed by atoms with E-state index in [0.717, 1.165) is 5.56 Å². The fourth-order valence-electron chi connectivity index (χ4n) is 2.21. The zero-order chi connectivity index (χ0) is 15.7. The number of hydrogen-bond acceptors (Lipinski definition) is 5. The zero-order valence-electron chi connectivity index (χ0n) is 12.3. The lowest BCUT2D eigenvalue weighted by Gasteiger charge is -2.14. The minimum Gasteiger partial charge on any atom is -0.454 e. The smallest absolute Gasteiger partial charge is 0.244 e. The summed E-state index contributed by atoms with van der Waals surface area (Å²) in [4.78, 5) is 0.155.